The van der Waals surface area contributed by atoms with E-state index in [1.165, 1.54) is 12.1 Å². The van der Waals surface area contributed by atoms with Crippen molar-refractivity contribution in [2.75, 3.05) is 13.2 Å². The summed E-state index contributed by atoms with van der Waals surface area (Å²) in [5.41, 5.74) is 0.907. The summed E-state index contributed by atoms with van der Waals surface area (Å²) in [5.74, 6) is 0.163. The quantitative estimate of drug-likeness (QED) is 0.733. The van der Waals surface area contributed by atoms with Gasteiger partial charge in [0.1, 0.15) is 5.75 Å². The third-order valence-electron chi connectivity index (χ3n) is 3.81. The van der Waals surface area contributed by atoms with E-state index in [0.717, 1.165) is 24.9 Å². The van der Waals surface area contributed by atoms with Crippen LogP contribution in [0.1, 0.15) is 32.3 Å². The van der Waals surface area contributed by atoms with Crippen molar-refractivity contribution in [1.29, 1.82) is 0 Å². The SMILES string of the molecule is CCC(CC)(CO)CNCc1ccc(OC(F)F)cc1. The first-order valence-corrected chi connectivity index (χ1v) is 6.90. The molecule has 1 rings (SSSR count). The van der Waals surface area contributed by atoms with Crippen LogP contribution in [0.3, 0.4) is 0 Å². The van der Waals surface area contributed by atoms with Crippen molar-refractivity contribution < 1.29 is 18.6 Å². The molecule has 0 bridgehead atoms. The lowest BCUT2D eigenvalue weighted by Gasteiger charge is -2.29. The summed E-state index contributed by atoms with van der Waals surface area (Å²) in [6, 6.07) is 6.57. The van der Waals surface area contributed by atoms with E-state index in [9.17, 15) is 13.9 Å². The standard InChI is InChI=1S/C15H23F2NO2/c1-3-15(4-2,11-19)10-18-9-12-5-7-13(8-6-12)20-14(16)17/h5-8,14,18-19H,3-4,9-11H2,1-2H3. The molecular formula is C15H23F2NO2. The lowest BCUT2D eigenvalue weighted by atomic mass is 9.83. The normalized spacial score (nSPS) is 11.9. The summed E-state index contributed by atoms with van der Waals surface area (Å²) < 4.78 is 28.3. The number of aliphatic hydroxyl groups excluding tert-OH is 1. The number of nitrogens with one attached hydrogen (secondary N) is 1. The first-order chi connectivity index (χ1) is 9.55. The van der Waals surface area contributed by atoms with Crippen molar-refractivity contribution in [3.63, 3.8) is 0 Å². The van der Waals surface area contributed by atoms with Crippen LogP contribution >= 0.6 is 0 Å². The number of aliphatic hydroxyl groups is 1. The molecule has 1 aromatic carbocycles. The number of benzene rings is 1. The topological polar surface area (TPSA) is 41.5 Å². The van der Waals surface area contributed by atoms with Gasteiger partial charge in [0.05, 0.1) is 0 Å². The van der Waals surface area contributed by atoms with Crippen LogP contribution in [0.15, 0.2) is 24.3 Å². The smallest absolute Gasteiger partial charge is 0.387 e. The van der Waals surface area contributed by atoms with Gasteiger partial charge in [-0.1, -0.05) is 26.0 Å². The van der Waals surface area contributed by atoms with E-state index in [2.05, 4.69) is 23.9 Å². The van der Waals surface area contributed by atoms with Crippen molar-refractivity contribution in [2.45, 2.75) is 39.8 Å². The zero-order valence-corrected chi connectivity index (χ0v) is 12.0. The number of alkyl halides is 2. The minimum atomic E-state index is -2.79. The molecule has 0 fully saturated rings. The second-order valence-electron chi connectivity index (χ2n) is 4.99. The van der Waals surface area contributed by atoms with Crippen molar-refractivity contribution >= 4 is 0 Å². The molecule has 0 atom stereocenters. The molecular weight excluding hydrogens is 264 g/mol. The van der Waals surface area contributed by atoms with E-state index < -0.39 is 6.61 Å². The highest BCUT2D eigenvalue weighted by Gasteiger charge is 2.24. The van der Waals surface area contributed by atoms with Gasteiger partial charge in [0, 0.05) is 25.1 Å². The molecule has 0 spiro atoms. The number of hydrogen-bond acceptors (Lipinski definition) is 3. The Morgan fingerprint density at radius 3 is 2.25 bits per heavy atom. The molecule has 114 valence electrons. The van der Waals surface area contributed by atoms with Gasteiger partial charge in [0.15, 0.2) is 0 Å². The van der Waals surface area contributed by atoms with Crippen LogP contribution in [-0.2, 0) is 6.54 Å². The van der Waals surface area contributed by atoms with Crippen LogP contribution in [0.2, 0.25) is 0 Å². The van der Waals surface area contributed by atoms with Gasteiger partial charge in [0.2, 0.25) is 0 Å². The number of rotatable bonds is 9. The Kier molecular flexibility index (Phi) is 6.88. The second kappa shape index (κ2) is 8.17. The highest BCUT2D eigenvalue weighted by Crippen LogP contribution is 2.24. The fourth-order valence-corrected chi connectivity index (χ4v) is 2.04. The highest BCUT2D eigenvalue weighted by molar-refractivity contribution is 5.27. The van der Waals surface area contributed by atoms with Gasteiger partial charge in [-0.3, -0.25) is 0 Å². The zero-order chi connectivity index (χ0) is 15.0. The lowest BCUT2D eigenvalue weighted by molar-refractivity contribution is -0.0498. The first kappa shape index (κ1) is 16.9. The van der Waals surface area contributed by atoms with Crippen LogP contribution in [-0.4, -0.2) is 24.9 Å². The lowest BCUT2D eigenvalue weighted by Crippen LogP contribution is -2.36. The van der Waals surface area contributed by atoms with Gasteiger partial charge in [-0.05, 0) is 30.5 Å². The molecule has 0 unspecified atom stereocenters. The summed E-state index contributed by atoms with van der Waals surface area (Å²) in [4.78, 5) is 0. The average Bonchev–Trinajstić information content (AvgIpc) is 2.45. The predicted molar refractivity (Wildman–Crippen MR) is 74.9 cm³/mol. The van der Waals surface area contributed by atoms with Crippen LogP contribution < -0.4 is 10.1 Å². The molecule has 20 heavy (non-hydrogen) atoms. The summed E-state index contributed by atoms with van der Waals surface area (Å²) in [7, 11) is 0. The summed E-state index contributed by atoms with van der Waals surface area (Å²) in [6.45, 7) is 2.87. The Morgan fingerprint density at radius 2 is 1.80 bits per heavy atom. The molecule has 0 heterocycles. The van der Waals surface area contributed by atoms with Crippen molar-refractivity contribution in [3.05, 3.63) is 29.8 Å². The van der Waals surface area contributed by atoms with Crippen molar-refractivity contribution in [1.82, 2.24) is 5.32 Å². The van der Waals surface area contributed by atoms with Crippen molar-refractivity contribution in [3.8, 4) is 5.75 Å². The maximum absolute atomic E-state index is 12.0. The van der Waals surface area contributed by atoms with Crippen LogP contribution in [0, 0.1) is 5.41 Å². The minimum Gasteiger partial charge on any atom is -0.435 e. The molecule has 2 N–H and O–H groups in total. The first-order valence-electron chi connectivity index (χ1n) is 6.90. The molecule has 0 radical (unpaired) electrons. The van der Waals surface area contributed by atoms with Crippen LogP contribution in [0.25, 0.3) is 0 Å². The van der Waals surface area contributed by atoms with E-state index in [4.69, 9.17) is 0 Å². The molecule has 3 nitrogen and oxygen atoms in total. The Labute approximate surface area is 119 Å². The van der Waals surface area contributed by atoms with Gasteiger partial charge in [-0.15, -0.1) is 0 Å². The molecule has 0 aromatic heterocycles. The Balaban J connectivity index is 2.46. The predicted octanol–water partition coefficient (Wildman–Crippen LogP) is 3.18. The molecule has 0 saturated carbocycles. The van der Waals surface area contributed by atoms with Gasteiger partial charge in [0.25, 0.3) is 0 Å². The second-order valence-corrected chi connectivity index (χ2v) is 4.99. The molecule has 1 aromatic rings. The zero-order valence-electron chi connectivity index (χ0n) is 12.0. The molecule has 0 saturated heterocycles. The van der Waals surface area contributed by atoms with E-state index in [0.29, 0.717) is 6.54 Å². The summed E-state index contributed by atoms with van der Waals surface area (Å²) in [6.07, 6.45) is 1.82. The highest BCUT2D eigenvalue weighted by atomic mass is 19.3. The number of halogens is 2. The van der Waals surface area contributed by atoms with E-state index in [1.807, 2.05) is 0 Å². The number of ether oxygens (including phenoxy) is 1. The van der Waals surface area contributed by atoms with Gasteiger partial charge in [-0.2, -0.15) is 8.78 Å². The van der Waals surface area contributed by atoms with E-state index in [-0.39, 0.29) is 17.8 Å². The van der Waals surface area contributed by atoms with Crippen molar-refractivity contribution in [2.24, 2.45) is 5.41 Å². The molecule has 0 aliphatic rings. The maximum Gasteiger partial charge on any atom is 0.387 e. The van der Waals surface area contributed by atoms with Crippen LogP contribution in [0.4, 0.5) is 8.78 Å². The minimum absolute atomic E-state index is 0.0846. The fourth-order valence-electron chi connectivity index (χ4n) is 2.04. The van der Waals surface area contributed by atoms with Crippen LogP contribution in [0.5, 0.6) is 5.75 Å². The monoisotopic (exact) mass is 287 g/mol. The van der Waals surface area contributed by atoms with E-state index in [1.54, 1.807) is 12.1 Å². The Hall–Kier alpha value is -1.20. The summed E-state index contributed by atoms with van der Waals surface area (Å²) in [5, 5.41) is 12.8. The molecule has 0 aliphatic carbocycles. The molecule has 5 heteroatoms. The van der Waals surface area contributed by atoms with E-state index >= 15 is 0 Å². The Morgan fingerprint density at radius 1 is 1.20 bits per heavy atom. The van der Waals surface area contributed by atoms with Gasteiger partial charge < -0.3 is 15.2 Å². The fraction of sp³-hybridized carbons (Fsp3) is 0.600. The third-order valence-corrected chi connectivity index (χ3v) is 3.81. The van der Waals surface area contributed by atoms with Gasteiger partial charge >= 0.3 is 6.61 Å². The van der Waals surface area contributed by atoms with Gasteiger partial charge in [-0.25, -0.2) is 0 Å². The average molecular weight is 287 g/mol. The number of hydrogen-bond donors (Lipinski definition) is 2. The molecule has 0 amide bonds. The maximum atomic E-state index is 12.0. The largest absolute Gasteiger partial charge is 0.435 e. The summed E-state index contributed by atoms with van der Waals surface area (Å²) >= 11 is 0. The third kappa shape index (κ3) is 5.06. The molecule has 0 aliphatic heterocycles. The Bertz CT molecular complexity index is 370.